The van der Waals surface area contributed by atoms with Crippen LogP contribution < -0.4 is 5.32 Å². The van der Waals surface area contributed by atoms with Gasteiger partial charge in [-0.15, -0.1) is 23.5 Å². The van der Waals surface area contributed by atoms with Crippen molar-refractivity contribution in [1.29, 1.82) is 0 Å². The summed E-state index contributed by atoms with van der Waals surface area (Å²) in [5.41, 5.74) is 4.01. The molecule has 27 heavy (non-hydrogen) atoms. The molecule has 1 atom stereocenters. The number of anilines is 1. The fourth-order valence-corrected chi connectivity index (χ4v) is 4.92. The second-order valence-electron chi connectivity index (χ2n) is 6.25. The van der Waals surface area contributed by atoms with Crippen LogP contribution in [0.15, 0.2) is 53.4 Å². The maximum Gasteiger partial charge on any atom is 0.235 e. The van der Waals surface area contributed by atoms with E-state index in [4.69, 9.17) is 16.7 Å². The molecule has 0 aliphatic carbocycles. The molecule has 1 aliphatic heterocycles. The second-order valence-corrected chi connectivity index (χ2v) is 8.66. The van der Waals surface area contributed by atoms with Gasteiger partial charge < -0.3 is 5.32 Å². The zero-order chi connectivity index (χ0) is 19.0. The highest BCUT2D eigenvalue weighted by atomic mass is 35.5. The minimum Gasteiger partial charge on any atom is -0.310 e. The quantitative estimate of drug-likeness (QED) is 0.587. The summed E-state index contributed by atoms with van der Waals surface area (Å²) < 4.78 is 1.80. The van der Waals surface area contributed by atoms with Crippen LogP contribution in [-0.4, -0.2) is 27.7 Å². The van der Waals surface area contributed by atoms with Gasteiger partial charge in [-0.1, -0.05) is 23.7 Å². The summed E-state index contributed by atoms with van der Waals surface area (Å²) in [6, 6.07) is 16.0. The molecule has 7 heteroatoms. The predicted octanol–water partition coefficient (Wildman–Crippen LogP) is 5.33. The molecule has 1 aliphatic rings. The molecule has 0 bridgehead atoms. The van der Waals surface area contributed by atoms with Gasteiger partial charge in [0.25, 0.3) is 0 Å². The van der Waals surface area contributed by atoms with Crippen LogP contribution in [0.3, 0.4) is 0 Å². The number of aryl methyl sites for hydroxylation is 1. The number of carbonyl (C=O) groups is 1. The van der Waals surface area contributed by atoms with Gasteiger partial charge >= 0.3 is 0 Å². The molecule has 138 valence electrons. The van der Waals surface area contributed by atoms with Crippen molar-refractivity contribution in [2.24, 2.45) is 0 Å². The third kappa shape index (κ3) is 3.61. The lowest BCUT2D eigenvalue weighted by molar-refractivity contribution is -0.113. The number of nitrogens with one attached hydrogen (secondary N) is 1. The van der Waals surface area contributed by atoms with Gasteiger partial charge in [-0.3, -0.25) is 4.79 Å². The number of hydrogen-bond donors (Lipinski definition) is 1. The molecule has 0 saturated heterocycles. The van der Waals surface area contributed by atoms with Crippen molar-refractivity contribution in [2.45, 2.75) is 17.1 Å². The molecule has 0 saturated carbocycles. The lowest BCUT2D eigenvalue weighted by Gasteiger charge is -2.15. The van der Waals surface area contributed by atoms with E-state index in [1.807, 2.05) is 31.2 Å². The minimum absolute atomic E-state index is 0.0143. The maximum atomic E-state index is 12.4. The number of carbonyl (C=O) groups excluding carboxylic acids is 1. The summed E-state index contributed by atoms with van der Waals surface area (Å²) in [5, 5.41) is 8.49. The topological polar surface area (TPSA) is 46.9 Å². The number of benzene rings is 2. The number of halogens is 1. The summed E-state index contributed by atoms with van der Waals surface area (Å²) in [5.74, 6) is 1.13. The van der Waals surface area contributed by atoms with Crippen LogP contribution in [-0.2, 0) is 4.79 Å². The van der Waals surface area contributed by atoms with Gasteiger partial charge in [-0.05, 0) is 55.1 Å². The van der Waals surface area contributed by atoms with Crippen LogP contribution in [0.25, 0.3) is 5.69 Å². The van der Waals surface area contributed by atoms with Crippen molar-refractivity contribution in [1.82, 2.24) is 9.78 Å². The van der Waals surface area contributed by atoms with E-state index in [2.05, 4.69) is 35.8 Å². The first-order valence-electron chi connectivity index (χ1n) is 8.47. The Balaban J connectivity index is 1.84. The van der Waals surface area contributed by atoms with Crippen LogP contribution >= 0.6 is 35.1 Å². The van der Waals surface area contributed by atoms with E-state index in [1.165, 1.54) is 10.5 Å². The third-order valence-electron chi connectivity index (χ3n) is 4.50. The van der Waals surface area contributed by atoms with Gasteiger partial charge in [0.05, 0.1) is 22.4 Å². The summed E-state index contributed by atoms with van der Waals surface area (Å²) in [4.78, 5) is 13.6. The Kier molecular flexibility index (Phi) is 5.21. The average molecular weight is 416 g/mol. The number of aromatic nitrogens is 2. The lowest BCUT2D eigenvalue weighted by Crippen LogP contribution is -2.15. The Morgan fingerprint density at radius 2 is 1.89 bits per heavy atom. The monoisotopic (exact) mass is 415 g/mol. The van der Waals surface area contributed by atoms with Crippen molar-refractivity contribution in [3.05, 3.63) is 70.4 Å². The van der Waals surface area contributed by atoms with Gasteiger partial charge in [0, 0.05) is 15.5 Å². The van der Waals surface area contributed by atoms with Gasteiger partial charge in [0.2, 0.25) is 5.91 Å². The Morgan fingerprint density at radius 3 is 2.56 bits per heavy atom. The standard InChI is InChI=1S/C20H18ClN3OS2/c1-12-18-19(13-3-9-16(26-2)10-4-13)27-11-17(25)22-20(18)24(23-12)15-7-5-14(21)6-8-15/h3-10,19H,11H2,1-2H3,(H,22,25)/t19-/m0/s1. The third-order valence-corrected chi connectivity index (χ3v) is 6.76. The van der Waals surface area contributed by atoms with Gasteiger partial charge in [0.1, 0.15) is 5.82 Å². The van der Waals surface area contributed by atoms with Crippen molar-refractivity contribution in [3.8, 4) is 5.69 Å². The van der Waals surface area contributed by atoms with E-state index in [0.29, 0.717) is 10.8 Å². The van der Waals surface area contributed by atoms with Crippen LogP contribution in [0.2, 0.25) is 5.02 Å². The summed E-state index contributed by atoms with van der Waals surface area (Å²) in [6.07, 6.45) is 2.07. The van der Waals surface area contributed by atoms with Crippen molar-refractivity contribution in [2.75, 3.05) is 17.3 Å². The Labute approximate surface area is 171 Å². The number of nitrogens with zero attached hydrogens (tertiary/aromatic N) is 2. The average Bonchev–Trinajstić information content (AvgIpc) is 2.88. The number of amides is 1. The number of rotatable bonds is 3. The van der Waals surface area contributed by atoms with Gasteiger partial charge in [0.15, 0.2) is 0 Å². The predicted molar refractivity (Wildman–Crippen MR) is 114 cm³/mol. The Morgan fingerprint density at radius 1 is 1.19 bits per heavy atom. The van der Waals surface area contributed by atoms with Crippen molar-refractivity contribution < 1.29 is 4.79 Å². The molecule has 0 unspecified atom stereocenters. The largest absolute Gasteiger partial charge is 0.310 e. The molecule has 0 spiro atoms. The molecule has 1 amide bonds. The molecule has 0 radical (unpaired) electrons. The normalized spacial score (nSPS) is 16.6. The van der Waals surface area contributed by atoms with Crippen LogP contribution in [0.4, 0.5) is 5.82 Å². The first-order valence-corrected chi connectivity index (χ1v) is 11.1. The summed E-state index contributed by atoms with van der Waals surface area (Å²) in [7, 11) is 0. The molecule has 4 rings (SSSR count). The Hall–Kier alpha value is -1.89. The highest BCUT2D eigenvalue weighted by Gasteiger charge is 2.30. The van der Waals surface area contributed by atoms with Gasteiger partial charge in [-0.2, -0.15) is 5.10 Å². The highest BCUT2D eigenvalue weighted by molar-refractivity contribution is 8.00. The summed E-state index contributed by atoms with van der Waals surface area (Å²) >= 11 is 9.37. The first-order chi connectivity index (χ1) is 13.1. The van der Waals surface area contributed by atoms with E-state index in [1.54, 1.807) is 28.2 Å². The number of fused-ring (bicyclic) bond motifs is 1. The van der Waals surface area contributed by atoms with E-state index in [9.17, 15) is 4.79 Å². The zero-order valence-corrected chi connectivity index (χ0v) is 17.3. The van der Waals surface area contributed by atoms with Crippen molar-refractivity contribution in [3.63, 3.8) is 0 Å². The van der Waals surface area contributed by atoms with Crippen LogP contribution in [0.1, 0.15) is 22.1 Å². The van der Waals surface area contributed by atoms with Crippen LogP contribution in [0, 0.1) is 6.92 Å². The molecule has 2 heterocycles. The maximum absolute atomic E-state index is 12.4. The fraction of sp³-hybridized carbons (Fsp3) is 0.200. The molecular weight excluding hydrogens is 398 g/mol. The first kappa shape index (κ1) is 18.5. The van der Waals surface area contributed by atoms with Gasteiger partial charge in [-0.25, -0.2) is 4.68 Å². The molecule has 3 aromatic rings. The lowest BCUT2D eigenvalue weighted by atomic mass is 10.0. The molecule has 1 N–H and O–H groups in total. The van der Waals surface area contributed by atoms with E-state index in [0.717, 1.165) is 22.8 Å². The smallest absolute Gasteiger partial charge is 0.235 e. The van der Waals surface area contributed by atoms with Crippen LogP contribution in [0.5, 0.6) is 0 Å². The zero-order valence-electron chi connectivity index (χ0n) is 14.9. The second kappa shape index (κ2) is 7.62. The van der Waals surface area contributed by atoms with E-state index in [-0.39, 0.29) is 11.2 Å². The SMILES string of the molecule is CSc1ccc([C@@H]2SCC(=O)Nc3c2c(C)nn3-c2ccc(Cl)cc2)cc1. The fourth-order valence-electron chi connectivity index (χ4n) is 3.19. The molecule has 1 aromatic heterocycles. The molecular formula is C20H18ClN3OS2. The molecule has 4 nitrogen and oxygen atoms in total. The van der Waals surface area contributed by atoms with Crippen molar-refractivity contribution >= 4 is 46.8 Å². The number of hydrogen-bond acceptors (Lipinski definition) is 4. The minimum atomic E-state index is -0.0143. The Bertz CT molecular complexity index is 984. The molecule has 0 fully saturated rings. The highest BCUT2D eigenvalue weighted by Crippen LogP contribution is 2.44. The van der Waals surface area contributed by atoms with E-state index < -0.39 is 0 Å². The number of thioether (sulfide) groups is 2. The molecule has 2 aromatic carbocycles. The van der Waals surface area contributed by atoms with E-state index >= 15 is 0 Å². The summed E-state index contributed by atoms with van der Waals surface area (Å²) in [6.45, 7) is 1.99.